The fraction of sp³-hybridized carbons (Fsp3) is 0.500. The van der Waals surface area contributed by atoms with Gasteiger partial charge in [0.25, 0.3) is 0 Å². The molecule has 1 N–H and O–H groups in total. The minimum absolute atomic E-state index is 0.000162. The van der Waals surface area contributed by atoms with Gasteiger partial charge in [0.05, 0.1) is 4.90 Å². The van der Waals surface area contributed by atoms with Gasteiger partial charge in [-0.25, -0.2) is 13.1 Å². The Morgan fingerprint density at radius 2 is 1.47 bits per heavy atom. The molecule has 2 aromatic rings. The molecule has 6 heteroatoms. The van der Waals surface area contributed by atoms with Crippen molar-refractivity contribution in [3.63, 3.8) is 0 Å². The van der Waals surface area contributed by atoms with Crippen LogP contribution < -0.4 is 4.72 Å². The second-order valence-corrected chi connectivity index (χ2v) is 10.2. The molecule has 4 rings (SSSR count). The van der Waals surface area contributed by atoms with Crippen LogP contribution in [0.25, 0.3) is 0 Å². The highest BCUT2D eigenvalue weighted by atomic mass is 32.2. The van der Waals surface area contributed by atoms with Crippen molar-refractivity contribution in [2.45, 2.75) is 49.1 Å². The molecular weight excluding hydrogens is 394 g/mol. The molecular formula is C24H33N3O2S. The highest BCUT2D eigenvalue weighted by molar-refractivity contribution is 7.89. The maximum Gasteiger partial charge on any atom is 0.240 e. The van der Waals surface area contributed by atoms with Gasteiger partial charge in [0, 0.05) is 44.8 Å². The number of piperazine rings is 1. The Labute approximate surface area is 181 Å². The van der Waals surface area contributed by atoms with E-state index in [1.807, 2.05) is 6.07 Å². The summed E-state index contributed by atoms with van der Waals surface area (Å²) in [5.74, 6) is 0. The summed E-state index contributed by atoms with van der Waals surface area (Å²) in [5, 5.41) is 0. The number of nitrogens with one attached hydrogen (secondary N) is 1. The van der Waals surface area contributed by atoms with Crippen LogP contribution in [-0.4, -0.2) is 63.0 Å². The van der Waals surface area contributed by atoms with Crippen LogP contribution in [-0.2, 0) is 16.4 Å². The van der Waals surface area contributed by atoms with E-state index in [0.717, 1.165) is 58.4 Å². The minimum Gasteiger partial charge on any atom is -0.300 e. The fourth-order valence-electron chi connectivity index (χ4n) is 4.80. The molecule has 1 aliphatic heterocycles. The Hall–Kier alpha value is -1.73. The highest BCUT2D eigenvalue weighted by Gasteiger charge is 2.34. The van der Waals surface area contributed by atoms with E-state index in [1.54, 1.807) is 24.3 Å². The van der Waals surface area contributed by atoms with Gasteiger partial charge >= 0.3 is 0 Å². The van der Waals surface area contributed by atoms with E-state index in [9.17, 15) is 8.42 Å². The first-order chi connectivity index (χ1) is 14.6. The summed E-state index contributed by atoms with van der Waals surface area (Å²) in [6, 6.07) is 19.7. The molecule has 162 valence electrons. The lowest BCUT2D eigenvalue weighted by atomic mass is 9.89. The Kier molecular flexibility index (Phi) is 7.20. The van der Waals surface area contributed by atoms with Crippen LogP contribution in [0, 0.1) is 0 Å². The molecule has 0 radical (unpaired) electrons. The molecule has 0 aromatic heterocycles. The normalized spacial score (nSPS) is 24.0. The summed E-state index contributed by atoms with van der Waals surface area (Å²) in [4.78, 5) is 5.42. The Balaban J connectivity index is 1.32. The number of hydrogen-bond acceptors (Lipinski definition) is 4. The zero-order valence-electron chi connectivity index (χ0n) is 17.6. The van der Waals surface area contributed by atoms with Crippen LogP contribution in [0.3, 0.4) is 0 Å². The van der Waals surface area contributed by atoms with Crippen LogP contribution in [0.2, 0.25) is 0 Å². The molecule has 30 heavy (non-hydrogen) atoms. The van der Waals surface area contributed by atoms with Crippen molar-refractivity contribution in [2.24, 2.45) is 0 Å². The van der Waals surface area contributed by atoms with Crippen molar-refractivity contribution in [1.29, 1.82) is 0 Å². The van der Waals surface area contributed by atoms with E-state index in [0.29, 0.717) is 10.9 Å². The Morgan fingerprint density at radius 3 is 2.17 bits per heavy atom. The summed E-state index contributed by atoms with van der Waals surface area (Å²) >= 11 is 0. The van der Waals surface area contributed by atoms with Crippen LogP contribution in [0.15, 0.2) is 65.6 Å². The lowest BCUT2D eigenvalue weighted by Crippen LogP contribution is -2.58. The molecule has 2 fully saturated rings. The Bertz CT molecular complexity index is 881. The zero-order valence-corrected chi connectivity index (χ0v) is 18.4. The van der Waals surface area contributed by atoms with Gasteiger partial charge < -0.3 is 4.90 Å². The van der Waals surface area contributed by atoms with Crippen LogP contribution >= 0.6 is 0 Å². The first kappa shape index (κ1) is 21.5. The SMILES string of the molecule is O=S(=O)(N[C@H]1CCCC[C@@H]1N1CCN(CCc2ccccc2)CC1)c1ccccc1. The van der Waals surface area contributed by atoms with Gasteiger partial charge in [0.15, 0.2) is 0 Å². The lowest BCUT2D eigenvalue weighted by Gasteiger charge is -2.44. The fourth-order valence-corrected chi connectivity index (χ4v) is 6.13. The number of hydrogen-bond donors (Lipinski definition) is 1. The van der Waals surface area contributed by atoms with Gasteiger partial charge in [0.1, 0.15) is 0 Å². The van der Waals surface area contributed by atoms with E-state index in [1.165, 1.54) is 12.0 Å². The van der Waals surface area contributed by atoms with Crippen LogP contribution in [0.1, 0.15) is 31.2 Å². The van der Waals surface area contributed by atoms with Crippen LogP contribution in [0.4, 0.5) is 0 Å². The molecule has 1 aliphatic carbocycles. The predicted molar refractivity (Wildman–Crippen MR) is 121 cm³/mol. The zero-order chi connectivity index (χ0) is 20.8. The summed E-state index contributed by atoms with van der Waals surface area (Å²) in [6.45, 7) is 5.24. The van der Waals surface area contributed by atoms with Crippen molar-refractivity contribution < 1.29 is 8.42 Å². The number of nitrogens with zero attached hydrogens (tertiary/aromatic N) is 2. The van der Waals surface area contributed by atoms with Gasteiger partial charge in [-0.1, -0.05) is 61.4 Å². The molecule has 0 unspecified atom stereocenters. The molecule has 2 atom stereocenters. The molecule has 1 heterocycles. The molecule has 1 saturated carbocycles. The van der Waals surface area contributed by atoms with E-state index >= 15 is 0 Å². The monoisotopic (exact) mass is 427 g/mol. The molecule has 5 nitrogen and oxygen atoms in total. The second kappa shape index (κ2) is 10.1. The van der Waals surface area contributed by atoms with E-state index in [-0.39, 0.29) is 6.04 Å². The number of sulfonamides is 1. The minimum atomic E-state index is -3.47. The molecule has 1 saturated heterocycles. The molecule has 2 aliphatic rings. The molecule has 2 aromatic carbocycles. The van der Waals surface area contributed by atoms with Gasteiger partial charge in [-0.3, -0.25) is 4.90 Å². The topological polar surface area (TPSA) is 52.7 Å². The van der Waals surface area contributed by atoms with Crippen LogP contribution in [0.5, 0.6) is 0 Å². The Morgan fingerprint density at radius 1 is 0.833 bits per heavy atom. The maximum atomic E-state index is 12.9. The van der Waals surface area contributed by atoms with Crippen molar-refractivity contribution in [3.05, 3.63) is 66.2 Å². The number of benzene rings is 2. The average Bonchev–Trinajstić information content (AvgIpc) is 2.80. The van der Waals surface area contributed by atoms with Crippen molar-refractivity contribution in [2.75, 3.05) is 32.7 Å². The maximum absolute atomic E-state index is 12.9. The average molecular weight is 428 g/mol. The predicted octanol–water partition coefficient (Wildman–Crippen LogP) is 3.14. The second-order valence-electron chi connectivity index (χ2n) is 8.51. The van der Waals surface area contributed by atoms with Crippen molar-refractivity contribution >= 4 is 10.0 Å². The van der Waals surface area contributed by atoms with Gasteiger partial charge in [0.2, 0.25) is 10.0 Å². The summed E-state index contributed by atoms with van der Waals surface area (Å²) in [7, 11) is -3.47. The number of rotatable bonds is 7. The van der Waals surface area contributed by atoms with Gasteiger partial charge in [-0.2, -0.15) is 0 Å². The third-order valence-electron chi connectivity index (χ3n) is 6.52. The molecule has 0 amide bonds. The third-order valence-corrected chi connectivity index (χ3v) is 8.03. The third kappa shape index (κ3) is 5.49. The largest absolute Gasteiger partial charge is 0.300 e. The molecule has 0 spiro atoms. The standard InChI is InChI=1S/C24H33N3O2S/c28-30(29,22-11-5-2-6-12-22)25-23-13-7-8-14-24(23)27-19-17-26(18-20-27)16-15-21-9-3-1-4-10-21/h1-6,9-12,23-25H,7-8,13-20H2/t23-,24-/m0/s1. The quantitative estimate of drug-likeness (QED) is 0.738. The first-order valence-electron chi connectivity index (χ1n) is 11.2. The summed E-state index contributed by atoms with van der Waals surface area (Å²) < 4.78 is 28.8. The van der Waals surface area contributed by atoms with E-state index in [4.69, 9.17) is 0 Å². The van der Waals surface area contributed by atoms with E-state index < -0.39 is 10.0 Å². The lowest BCUT2D eigenvalue weighted by molar-refractivity contribution is 0.0667. The smallest absolute Gasteiger partial charge is 0.240 e. The summed E-state index contributed by atoms with van der Waals surface area (Å²) in [5.41, 5.74) is 1.39. The first-order valence-corrected chi connectivity index (χ1v) is 12.7. The van der Waals surface area contributed by atoms with Crippen molar-refractivity contribution in [3.8, 4) is 0 Å². The van der Waals surface area contributed by atoms with Gasteiger partial charge in [-0.05, 0) is 37.0 Å². The summed E-state index contributed by atoms with van der Waals surface area (Å²) in [6.07, 6.45) is 5.36. The molecule has 0 bridgehead atoms. The van der Waals surface area contributed by atoms with Gasteiger partial charge in [-0.15, -0.1) is 0 Å². The van der Waals surface area contributed by atoms with E-state index in [2.05, 4.69) is 44.9 Å². The highest BCUT2D eigenvalue weighted by Crippen LogP contribution is 2.26. The van der Waals surface area contributed by atoms with Crippen molar-refractivity contribution in [1.82, 2.24) is 14.5 Å².